The van der Waals surface area contributed by atoms with Crippen molar-refractivity contribution >= 4 is 0 Å². The van der Waals surface area contributed by atoms with Crippen molar-refractivity contribution in [1.29, 1.82) is 0 Å². The van der Waals surface area contributed by atoms with E-state index in [9.17, 15) is 0 Å². The predicted octanol–water partition coefficient (Wildman–Crippen LogP) is 0.834. The molecule has 1 aliphatic rings. The van der Waals surface area contributed by atoms with Crippen LogP contribution in [0.15, 0.2) is 12.4 Å². The van der Waals surface area contributed by atoms with Crippen LogP contribution in [0.2, 0.25) is 0 Å². The Morgan fingerprint density at radius 2 is 2.31 bits per heavy atom. The van der Waals surface area contributed by atoms with Crippen LogP contribution in [0.5, 0.6) is 0 Å². The molecule has 1 atom stereocenters. The Kier molecular flexibility index (Phi) is 3.93. The van der Waals surface area contributed by atoms with E-state index < -0.39 is 0 Å². The van der Waals surface area contributed by atoms with E-state index in [1.165, 1.54) is 5.56 Å². The van der Waals surface area contributed by atoms with Gasteiger partial charge in [0.15, 0.2) is 6.29 Å². The second-order valence-corrected chi connectivity index (χ2v) is 3.96. The first kappa shape index (κ1) is 11.6. The van der Waals surface area contributed by atoms with Crippen molar-refractivity contribution in [3.05, 3.63) is 18.0 Å². The quantitative estimate of drug-likeness (QED) is 0.806. The molecule has 5 nitrogen and oxygen atoms in total. The van der Waals surface area contributed by atoms with Crippen molar-refractivity contribution in [3.63, 3.8) is 0 Å². The highest BCUT2D eigenvalue weighted by Crippen LogP contribution is 2.21. The maximum absolute atomic E-state index is 5.47. The van der Waals surface area contributed by atoms with Gasteiger partial charge >= 0.3 is 0 Å². The summed E-state index contributed by atoms with van der Waals surface area (Å²) in [6.45, 7) is 4.43. The Morgan fingerprint density at radius 1 is 1.56 bits per heavy atom. The van der Waals surface area contributed by atoms with E-state index in [1.54, 1.807) is 0 Å². The molecule has 0 bridgehead atoms. The third-order valence-electron chi connectivity index (χ3n) is 2.70. The van der Waals surface area contributed by atoms with E-state index in [0.29, 0.717) is 13.2 Å². The molecule has 2 heterocycles. The number of aromatic nitrogens is 2. The topological polar surface area (TPSA) is 48.3 Å². The lowest BCUT2D eigenvalue weighted by molar-refractivity contribution is -0.0529. The van der Waals surface area contributed by atoms with Crippen molar-refractivity contribution < 1.29 is 9.47 Å². The van der Waals surface area contributed by atoms with Crippen molar-refractivity contribution in [2.75, 3.05) is 19.8 Å². The van der Waals surface area contributed by atoms with Crippen LogP contribution in [0.4, 0.5) is 0 Å². The third kappa shape index (κ3) is 2.81. The van der Waals surface area contributed by atoms with Crippen LogP contribution in [-0.2, 0) is 16.5 Å². The molecule has 0 amide bonds. The van der Waals surface area contributed by atoms with Crippen molar-refractivity contribution in [2.24, 2.45) is 7.05 Å². The molecule has 5 heteroatoms. The SMILES string of the molecule is CCNC(CC1OCCO1)c1cnn(C)c1. The molecule has 1 fully saturated rings. The van der Waals surface area contributed by atoms with E-state index in [-0.39, 0.29) is 12.3 Å². The van der Waals surface area contributed by atoms with Gasteiger partial charge in [0.1, 0.15) is 0 Å². The summed E-state index contributed by atoms with van der Waals surface area (Å²) in [5.41, 5.74) is 1.18. The van der Waals surface area contributed by atoms with Gasteiger partial charge in [-0.25, -0.2) is 0 Å². The minimum atomic E-state index is -0.0794. The molecular weight excluding hydrogens is 206 g/mol. The van der Waals surface area contributed by atoms with Crippen molar-refractivity contribution in [2.45, 2.75) is 25.7 Å². The standard InChI is InChI=1S/C11H19N3O2/c1-3-12-10(6-11-15-4-5-16-11)9-7-13-14(2)8-9/h7-8,10-12H,3-6H2,1-2H3. The highest BCUT2D eigenvalue weighted by atomic mass is 16.7. The van der Waals surface area contributed by atoms with Gasteiger partial charge in [0, 0.05) is 31.3 Å². The zero-order chi connectivity index (χ0) is 11.4. The summed E-state index contributed by atoms with van der Waals surface area (Å²) in [6.07, 6.45) is 4.67. The second-order valence-electron chi connectivity index (χ2n) is 3.96. The Labute approximate surface area is 95.7 Å². The third-order valence-corrected chi connectivity index (χ3v) is 2.70. The number of hydrogen-bond donors (Lipinski definition) is 1. The molecule has 1 aliphatic heterocycles. The van der Waals surface area contributed by atoms with Crippen LogP contribution in [-0.4, -0.2) is 35.8 Å². The summed E-state index contributed by atoms with van der Waals surface area (Å²) >= 11 is 0. The monoisotopic (exact) mass is 225 g/mol. The van der Waals surface area contributed by atoms with Crippen molar-refractivity contribution in [3.8, 4) is 0 Å². The second kappa shape index (κ2) is 5.43. The molecule has 0 saturated carbocycles. The Balaban J connectivity index is 1.98. The zero-order valence-corrected chi connectivity index (χ0v) is 9.85. The normalized spacial score (nSPS) is 19.1. The highest BCUT2D eigenvalue weighted by Gasteiger charge is 2.22. The van der Waals surface area contributed by atoms with Crippen LogP contribution in [0.25, 0.3) is 0 Å². The molecule has 2 rings (SSSR count). The summed E-state index contributed by atoms with van der Waals surface area (Å²) in [4.78, 5) is 0. The Bertz CT molecular complexity index is 321. The minimum Gasteiger partial charge on any atom is -0.350 e. The van der Waals surface area contributed by atoms with E-state index in [2.05, 4.69) is 17.3 Å². The Morgan fingerprint density at radius 3 is 2.88 bits per heavy atom. The Hall–Kier alpha value is -0.910. The lowest BCUT2D eigenvalue weighted by Gasteiger charge is -2.19. The fourth-order valence-electron chi connectivity index (χ4n) is 1.94. The molecule has 0 aromatic carbocycles. The molecule has 90 valence electrons. The van der Waals surface area contributed by atoms with Gasteiger partial charge in [0.25, 0.3) is 0 Å². The number of ether oxygens (including phenoxy) is 2. The molecular formula is C11H19N3O2. The van der Waals surface area contributed by atoms with E-state index in [0.717, 1.165) is 13.0 Å². The molecule has 0 radical (unpaired) electrons. The molecule has 1 aromatic heterocycles. The molecule has 0 spiro atoms. The van der Waals surface area contributed by atoms with Crippen molar-refractivity contribution in [1.82, 2.24) is 15.1 Å². The number of hydrogen-bond acceptors (Lipinski definition) is 4. The molecule has 0 aliphatic carbocycles. The molecule has 1 aromatic rings. The van der Waals surface area contributed by atoms with Crippen LogP contribution in [0.3, 0.4) is 0 Å². The summed E-state index contributed by atoms with van der Waals surface area (Å²) < 4.78 is 12.8. The van der Waals surface area contributed by atoms with E-state index >= 15 is 0 Å². The first-order valence-corrected chi connectivity index (χ1v) is 5.74. The fourth-order valence-corrected chi connectivity index (χ4v) is 1.94. The number of nitrogens with zero attached hydrogens (tertiary/aromatic N) is 2. The largest absolute Gasteiger partial charge is 0.350 e. The molecule has 1 saturated heterocycles. The van der Waals surface area contributed by atoms with Crippen LogP contribution >= 0.6 is 0 Å². The summed E-state index contributed by atoms with van der Waals surface area (Å²) in [7, 11) is 1.93. The van der Waals surface area contributed by atoms with Crippen LogP contribution in [0, 0.1) is 0 Å². The predicted molar refractivity (Wildman–Crippen MR) is 59.9 cm³/mol. The smallest absolute Gasteiger partial charge is 0.159 e. The molecule has 1 unspecified atom stereocenters. The lowest BCUT2D eigenvalue weighted by atomic mass is 10.1. The molecule has 1 N–H and O–H groups in total. The first-order valence-electron chi connectivity index (χ1n) is 5.74. The first-order chi connectivity index (χ1) is 7.79. The highest BCUT2D eigenvalue weighted by molar-refractivity contribution is 5.10. The maximum Gasteiger partial charge on any atom is 0.159 e. The zero-order valence-electron chi connectivity index (χ0n) is 9.85. The van der Waals surface area contributed by atoms with Gasteiger partial charge in [-0.3, -0.25) is 4.68 Å². The van der Waals surface area contributed by atoms with Gasteiger partial charge in [-0.15, -0.1) is 0 Å². The average Bonchev–Trinajstić information content (AvgIpc) is 2.88. The van der Waals surface area contributed by atoms with Gasteiger partial charge in [0.05, 0.1) is 19.4 Å². The fraction of sp³-hybridized carbons (Fsp3) is 0.727. The molecule has 16 heavy (non-hydrogen) atoms. The van der Waals surface area contributed by atoms with Gasteiger partial charge in [-0.2, -0.15) is 5.10 Å². The van der Waals surface area contributed by atoms with Crippen LogP contribution < -0.4 is 5.32 Å². The van der Waals surface area contributed by atoms with Gasteiger partial charge in [-0.05, 0) is 6.54 Å². The van der Waals surface area contributed by atoms with E-state index in [1.807, 2.05) is 24.1 Å². The number of nitrogens with one attached hydrogen (secondary N) is 1. The number of rotatable bonds is 5. The van der Waals surface area contributed by atoms with E-state index in [4.69, 9.17) is 9.47 Å². The minimum absolute atomic E-state index is 0.0794. The van der Waals surface area contributed by atoms with Gasteiger partial charge in [0.2, 0.25) is 0 Å². The summed E-state index contributed by atoms with van der Waals surface area (Å²) in [6, 6.07) is 0.252. The van der Waals surface area contributed by atoms with Gasteiger partial charge in [-0.1, -0.05) is 6.92 Å². The summed E-state index contributed by atoms with van der Waals surface area (Å²) in [5, 5.41) is 7.62. The maximum atomic E-state index is 5.47. The average molecular weight is 225 g/mol. The summed E-state index contributed by atoms with van der Waals surface area (Å²) in [5.74, 6) is 0. The lowest BCUT2D eigenvalue weighted by Crippen LogP contribution is -2.25. The number of aryl methyl sites for hydroxylation is 1. The van der Waals surface area contributed by atoms with Crippen LogP contribution in [0.1, 0.15) is 24.9 Å². The van der Waals surface area contributed by atoms with Gasteiger partial charge < -0.3 is 14.8 Å².